The minimum absolute atomic E-state index is 0.0222. The van der Waals surface area contributed by atoms with Crippen molar-refractivity contribution in [3.05, 3.63) is 34.8 Å². The van der Waals surface area contributed by atoms with Crippen LogP contribution < -0.4 is 0 Å². The number of nitrogens with zero attached hydrogens (tertiary/aromatic N) is 1. The van der Waals surface area contributed by atoms with Crippen LogP contribution in [0, 0.1) is 11.3 Å². The van der Waals surface area contributed by atoms with E-state index in [-0.39, 0.29) is 17.6 Å². The molecule has 1 N–H and O–H groups in total. The Morgan fingerprint density at radius 3 is 2.91 bits per heavy atom. The summed E-state index contributed by atoms with van der Waals surface area (Å²) in [6.45, 7) is 5.00. The Balaban J connectivity index is 1.97. The smallest absolute Gasteiger partial charge is 0.160 e. The summed E-state index contributed by atoms with van der Waals surface area (Å²) in [4.78, 5) is 2.48. The Bertz CT molecular complexity index is 601. The molecule has 4 aliphatic rings. The molecule has 5 atom stereocenters. The highest BCUT2D eigenvalue weighted by atomic mass is 16.5. The topological polar surface area (TPSA) is 41.9 Å². The molecule has 0 amide bonds. The molecule has 4 rings (SSSR count). The Morgan fingerprint density at radius 1 is 1.45 bits per heavy atom. The number of methoxy groups -OCH3 is 1. The Morgan fingerprint density at radius 2 is 2.23 bits per heavy atom. The first-order valence-electron chi connectivity index (χ1n) is 8.19. The van der Waals surface area contributed by atoms with Crippen molar-refractivity contribution in [1.29, 1.82) is 0 Å². The van der Waals surface area contributed by atoms with Crippen molar-refractivity contribution in [2.75, 3.05) is 20.7 Å². The van der Waals surface area contributed by atoms with E-state index < -0.39 is 0 Å². The standard InChI is InChI=1S/C18H25NO3/c1-10-9-13-12-5-6-14(21-4)17-18(12,7-8-19(13)3)15(10)16(22-17)11(2)20/h5-6,12-14,17,20H,7-9H2,1-4H3/b16-11-/t12?,13?,14-,17-,18?/m0/s1. The molecule has 4 nitrogen and oxygen atoms in total. The predicted octanol–water partition coefficient (Wildman–Crippen LogP) is 2.79. The molecule has 0 radical (unpaired) electrons. The molecule has 2 saturated heterocycles. The van der Waals surface area contributed by atoms with Gasteiger partial charge in [-0.05, 0) is 40.3 Å². The average Bonchev–Trinajstić information content (AvgIpc) is 2.84. The molecule has 2 fully saturated rings. The van der Waals surface area contributed by atoms with Crippen LogP contribution >= 0.6 is 0 Å². The molecule has 120 valence electrons. The van der Waals surface area contributed by atoms with Crippen LogP contribution in [0.15, 0.2) is 34.8 Å². The van der Waals surface area contributed by atoms with Crippen LogP contribution in [0.5, 0.6) is 0 Å². The molecular weight excluding hydrogens is 278 g/mol. The molecular formula is C18H25NO3. The number of likely N-dealkylation sites (tertiary alicyclic amines) is 1. The third-order valence-corrected chi connectivity index (χ3v) is 6.25. The number of hydrogen-bond acceptors (Lipinski definition) is 4. The fourth-order valence-corrected chi connectivity index (χ4v) is 5.33. The van der Waals surface area contributed by atoms with Crippen molar-refractivity contribution in [1.82, 2.24) is 4.90 Å². The van der Waals surface area contributed by atoms with E-state index in [1.54, 1.807) is 14.0 Å². The summed E-state index contributed by atoms with van der Waals surface area (Å²) >= 11 is 0. The lowest BCUT2D eigenvalue weighted by Gasteiger charge is -2.56. The SMILES string of the molecule is CO[C@H]1C=CC2C3CC(C)=C4/C(=C(\C)O)O[C@@H]1C42CCN3C. The van der Waals surface area contributed by atoms with Crippen LogP contribution in [0.1, 0.15) is 26.7 Å². The maximum Gasteiger partial charge on any atom is 0.160 e. The summed E-state index contributed by atoms with van der Waals surface area (Å²) in [5.41, 5.74) is 2.59. The molecule has 2 heterocycles. The van der Waals surface area contributed by atoms with Crippen molar-refractivity contribution >= 4 is 0 Å². The van der Waals surface area contributed by atoms with Crippen LogP contribution in [0.25, 0.3) is 0 Å². The highest BCUT2D eigenvalue weighted by molar-refractivity contribution is 5.50. The normalized spacial score (nSPS) is 45.6. The fourth-order valence-electron chi connectivity index (χ4n) is 5.33. The van der Waals surface area contributed by atoms with Gasteiger partial charge >= 0.3 is 0 Å². The molecule has 2 aliphatic heterocycles. The molecule has 3 unspecified atom stereocenters. The second-order valence-electron chi connectivity index (χ2n) is 7.26. The fraction of sp³-hybridized carbons (Fsp3) is 0.667. The van der Waals surface area contributed by atoms with Gasteiger partial charge in [-0.1, -0.05) is 17.7 Å². The van der Waals surface area contributed by atoms with Gasteiger partial charge in [0.05, 0.1) is 0 Å². The summed E-state index contributed by atoms with van der Waals surface area (Å²) in [6, 6.07) is 0.524. The molecule has 2 bridgehead atoms. The quantitative estimate of drug-likeness (QED) is 0.597. The van der Waals surface area contributed by atoms with Gasteiger partial charge < -0.3 is 19.5 Å². The van der Waals surface area contributed by atoms with Gasteiger partial charge in [0.15, 0.2) is 5.76 Å². The Hall–Kier alpha value is -1.26. The van der Waals surface area contributed by atoms with Crippen LogP contribution in [0.4, 0.5) is 0 Å². The third-order valence-electron chi connectivity index (χ3n) is 6.25. The van der Waals surface area contributed by atoms with E-state index in [4.69, 9.17) is 9.47 Å². The van der Waals surface area contributed by atoms with E-state index in [0.29, 0.717) is 23.5 Å². The van der Waals surface area contributed by atoms with Crippen LogP contribution in [-0.2, 0) is 9.47 Å². The summed E-state index contributed by atoms with van der Waals surface area (Å²) in [6.07, 6.45) is 6.55. The number of allylic oxidation sites excluding steroid dienone is 2. The number of hydrogen-bond donors (Lipinski definition) is 1. The summed E-state index contributed by atoms with van der Waals surface area (Å²) in [5.74, 6) is 1.45. The van der Waals surface area contributed by atoms with E-state index >= 15 is 0 Å². The monoisotopic (exact) mass is 303 g/mol. The number of aliphatic hydroxyl groups is 1. The zero-order valence-electron chi connectivity index (χ0n) is 13.8. The first-order chi connectivity index (χ1) is 10.5. The van der Waals surface area contributed by atoms with Crippen molar-refractivity contribution in [2.45, 2.75) is 44.9 Å². The zero-order chi connectivity index (χ0) is 15.6. The van der Waals surface area contributed by atoms with Crippen LogP contribution in [0.3, 0.4) is 0 Å². The van der Waals surface area contributed by atoms with Crippen molar-refractivity contribution in [3.8, 4) is 0 Å². The van der Waals surface area contributed by atoms with Gasteiger partial charge in [0.1, 0.15) is 18.0 Å². The molecule has 22 heavy (non-hydrogen) atoms. The number of aliphatic hydroxyl groups excluding tert-OH is 1. The van der Waals surface area contributed by atoms with E-state index in [1.807, 2.05) is 0 Å². The largest absolute Gasteiger partial charge is 0.509 e. The highest BCUT2D eigenvalue weighted by Gasteiger charge is 2.65. The van der Waals surface area contributed by atoms with Gasteiger partial charge in [-0.2, -0.15) is 0 Å². The third kappa shape index (κ3) is 1.55. The van der Waals surface area contributed by atoms with Crippen LogP contribution in [-0.4, -0.2) is 49.0 Å². The van der Waals surface area contributed by atoms with Crippen LogP contribution in [0.2, 0.25) is 0 Å². The van der Waals surface area contributed by atoms with Gasteiger partial charge in [-0.25, -0.2) is 0 Å². The predicted molar refractivity (Wildman–Crippen MR) is 84.4 cm³/mol. The van der Waals surface area contributed by atoms with Gasteiger partial charge in [-0.3, -0.25) is 0 Å². The maximum atomic E-state index is 10.2. The van der Waals surface area contributed by atoms with Crippen molar-refractivity contribution < 1.29 is 14.6 Å². The van der Waals surface area contributed by atoms with E-state index in [9.17, 15) is 5.11 Å². The zero-order valence-corrected chi connectivity index (χ0v) is 13.8. The van der Waals surface area contributed by atoms with E-state index in [2.05, 4.69) is 31.0 Å². The van der Waals surface area contributed by atoms with Gasteiger partial charge in [0, 0.05) is 30.1 Å². The second-order valence-corrected chi connectivity index (χ2v) is 7.26. The highest BCUT2D eigenvalue weighted by Crippen LogP contribution is 2.63. The van der Waals surface area contributed by atoms with E-state index in [1.165, 1.54) is 11.1 Å². The minimum Gasteiger partial charge on any atom is -0.509 e. The molecule has 0 aromatic carbocycles. The van der Waals surface area contributed by atoms with Gasteiger partial charge in [0.2, 0.25) is 0 Å². The van der Waals surface area contributed by atoms with E-state index in [0.717, 1.165) is 19.4 Å². The maximum absolute atomic E-state index is 10.2. The van der Waals surface area contributed by atoms with Crippen molar-refractivity contribution in [3.63, 3.8) is 0 Å². The minimum atomic E-state index is -0.0435. The summed E-state index contributed by atoms with van der Waals surface area (Å²) in [5, 5.41) is 10.2. The number of rotatable bonds is 1. The number of ether oxygens (including phenoxy) is 2. The molecule has 0 saturated carbocycles. The second kappa shape index (κ2) is 4.62. The molecule has 0 aromatic rings. The molecule has 1 spiro atoms. The lowest BCUT2D eigenvalue weighted by molar-refractivity contribution is -0.0907. The lowest BCUT2D eigenvalue weighted by atomic mass is 9.53. The molecule has 2 aliphatic carbocycles. The molecule has 0 aromatic heterocycles. The molecule has 4 heteroatoms. The first kappa shape index (κ1) is 14.3. The van der Waals surface area contributed by atoms with Gasteiger partial charge in [-0.15, -0.1) is 0 Å². The summed E-state index contributed by atoms with van der Waals surface area (Å²) in [7, 11) is 3.97. The Kier molecular flexibility index (Phi) is 3.01. The first-order valence-corrected chi connectivity index (χ1v) is 8.19. The Labute approximate surface area is 132 Å². The number of piperidine rings is 1. The van der Waals surface area contributed by atoms with Crippen molar-refractivity contribution in [2.24, 2.45) is 11.3 Å². The lowest BCUT2D eigenvalue weighted by Crippen LogP contribution is -2.61. The average molecular weight is 303 g/mol. The van der Waals surface area contributed by atoms with Gasteiger partial charge in [0.25, 0.3) is 0 Å². The summed E-state index contributed by atoms with van der Waals surface area (Å²) < 4.78 is 12.0.